The molecule has 0 aliphatic rings. The van der Waals surface area contributed by atoms with E-state index in [4.69, 9.17) is 22.9 Å². The molecule has 0 atom stereocenters. The Hall–Kier alpha value is -5.22. The number of hydrogen-bond donors (Lipinski definition) is 4. The van der Waals surface area contributed by atoms with Gasteiger partial charge in [-0.3, -0.25) is 0 Å². The first-order valence-electron chi connectivity index (χ1n) is 13.8. The van der Waals surface area contributed by atoms with Crippen LogP contribution in [0.5, 0.6) is 0 Å². The molecule has 0 radical (unpaired) electrons. The highest BCUT2D eigenvalue weighted by Crippen LogP contribution is 2.41. The maximum atomic E-state index is 6.50. The minimum absolute atomic E-state index is 0.0327. The van der Waals surface area contributed by atoms with Crippen LogP contribution < -0.4 is 22.9 Å². The monoisotopic (exact) mass is 536 g/mol. The van der Waals surface area contributed by atoms with Crippen molar-refractivity contribution >= 4 is 34.4 Å². The molecule has 0 aliphatic carbocycles. The Morgan fingerprint density at radius 1 is 0.610 bits per heavy atom. The fourth-order valence-corrected chi connectivity index (χ4v) is 5.46. The van der Waals surface area contributed by atoms with Gasteiger partial charge in [0.25, 0.3) is 0 Å². The molecular weight excluding hydrogens is 500 g/mol. The third kappa shape index (κ3) is 5.73. The Labute approximate surface area is 242 Å². The van der Waals surface area contributed by atoms with Crippen molar-refractivity contribution in [3.63, 3.8) is 0 Å². The van der Waals surface area contributed by atoms with E-state index in [0.29, 0.717) is 29.2 Å². The molecule has 204 valence electrons. The van der Waals surface area contributed by atoms with Gasteiger partial charge >= 0.3 is 0 Å². The molecule has 0 amide bonds. The summed E-state index contributed by atoms with van der Waals surface area (Å²) in [4.78, 5) is 0. The van der Waals surface area contributed by atoms with Crippen LogP contribution in [0.15, 0.2) is 122 Å². The fraction of sp³-hybridized carbons (Fsp3) is 0.0811. The summed E-state index contributed by atoms with van der Waals surface area (Å²) in [5.74, 6) is -0.0327. The van der Waals surface area contributed by atoms with Gasteiger partial charge in [0, 0.05) is 50.9 Å². The molecule has 41 heavy (non-hydrogen) atoms. The minimum Gasteiger partial charge on any atom is -0.398 e. The summed E-state index contributed by atoms with van der Waals surface area (Å²) in [6.07, 6.45) is 4.86. The van der Waals surface area contributed by atoms with Crippen molar-refractivity contribution in [3.8, 4) is 22.3 Å². The van der Waals surface area contributed by atoms with E-state index in [1.807, 2.05) is 67.6 Å². The zero-order valence-electron chi connectivity index (χ0n) is 23.3. The van der Waals surface area contributed by atoms with E-state index >= 15 is 0 Å². The molecule has 0 saturated heterocycles. The van der Waals surface area contributed by atoms with Crippen molar-refractivity contribution in [2.24, 2.45) is 0 Å². The van der Waals surface area contributed by atoms with Crippen molar-refractivity contribution in [1.29, 1.82) is 0 Å². The van der Waals surface area contributed by atoms with Crippen LogP contribution in [0.3, 0.4) is 0 Å². The SMILES string of the molecule is C=C(CC(c1ccc(N)c(-c2ccccc2N)c1)c1ccc(N)c(-c2ccccc2N)c1)c1ccccc1/C=C\C. The highest BCUT2D eigenvalue weighted by molar-refractivity contribution is 5.86. The van der Waals surface area contributed by atoms with Gasteiger partial charge in [0.05, 0.1) is 0 Å². The molecule has 0 spiro atoms. The van der Waals surface area contributed by atoms with E-state index in [2.05, 4.69) is 67.3 Å². The lowest BCUT2D eigenvalue weighted by Crippen LogP contribution is -2.06. The predicted octanol–water partition coefficient (Wildman–Crippen LogP) is 8.62. The number of nitrogens with two attached hydrogens (primary N) is 4. The first kappa shape index (κ1) is 27.4. The van der Waals surface area contributed by atoms with Crippen LogP contribution in [0, 0.1) is 0 Å². The Kier molecular flexibility index (Phi) is 7.93. The molecule has 5 aromatic carbocycles. The summed E-state index contributed by atoms with van der Waals surface area (Å²) in [5, 5.41) is 0. The van der Waals surface area contributed by atoms with Gasteiger partial charge < -0.3 is 22.9 Å². The molecule has 4 nitrogen and oxygen atoms in total. The average molecular weight is 537 g/mol. The first-order valence-corrected chi connectivity index (χ1v) is 13.8. The van der Waals surface area contributed by atoms with Crippen LogP contribution in [0.1, 0.15) is 41.5 Å². The van der Waals surface area contributed by atoms with E-state index in [9.17, 15) is 0 Å². The van der Waals surface area contributed by atoms with E-state index < -0.39 is 0 Å². The Morgan fingerprint density at radius 2 is 1.07 bits per heavy atom. The van der Waals surface area contributed by atoms with E-state index in [1.165, 1.54) is 0 Å². The molecule has 4 heteroatoms. The van der Waals surface area contributed by atoms with Crippen molar-refractivity contribution in [1.82, 2.24) is 0 Å². The summed E-state index contributed by atoms with van der Waals surface area (Å²) in [7, 11) is 0. The Balaban J connectivity index is 1.66. The third-order valence-electron chi connectivity index (χ3n) is 7.60. The molecular formula is C37H36N4. The van der Waals surface area contributed by atoms with Crippen molar-refractivity contribution < 1.29 is 0 Å². The van der Waals surface area contributed by atoms with Crippen LogP contribution in [0.25, 0.3) is 33.9 Å². The van der Waals surface area contributed by atoms with Crippen molar-refractivity contribution in [2.45, 2.75) is 19.3 Å². The number of benzene rings is 5. The van der Waals surface area contributed by atoms with E-state index in [-0.39, 0.29) is 5.92 Å². The second kappa shape index (κ2) is 11.9. The van der Waals surface area contributed by atoms with Gasteiger partial charge in [-0.15, -0.1) is 0 Å². The number of allylic oxidation sites excluding steroid dienone is 2. The second-order valence-electron chi connectivity index (χ2n) is 10.3. The average Bonchev–Trinajstić information content (AvgIpc) is 2.98. The van der Waals surface area contributed by atoms with E-state index in [0.717, 1.165) is 50.1 Å². The molecule has 0 fully saturated rings. The number of hydrogen-bond acceptors (Lipinski definition) is 4. The van der Waals surface area contributed by atoms with Gasteiger partial charge in [0.1, 0.15) is 0 Å². The van der Waals surface area contributed by atoms with Gasteiger partial charge in [0.15, 0.2) is 0 Å². The Bertz CT molecular complexity index is 1650. The summed E-state index contributed by atoms with van der Waals surface area (Å²) < 4.78 is 0. The molecule has 0 aromatic heterocycles. The lowest BCUT2D eigenvalue weighted by atomic mass is 9.81. The van der Waals surface area contributed by atoms with Crippen molar-refractivity contribution in [3.05, 3.63) is 144 Å². The molecule has 5 aromatic rings. The van der Waals surface area contributed by atoms with Gasteiger partial charge in [-0.25, -0.2) is 0 Å². The summed E-state index contributed by atoms with van der Waals surface area (Å²) in [5.41, 5.74) is 37.7. The van der Waals surface area contributed by atoms with Crippen molar-refractivity contribution in [2.75, 3.05) is 22.9 Å². The van der Waals surface area contributed by atoms with E-state index in [1.54, 1.807) is 0 Å². The molecule has 0 bridgehead atoms. The zero-order valence-corrected chi connectivity index (χ0v) is 23.3. The molecule has 0 heterocycles. The number of rotatable bonds is 8. The van der Waals surface area contributed by atoms with Gasteiger partial charge in [-0.2, -0.15) is 0 Å². The zero-order chi connectivity index (χ0) is 28.9. The molecule has 8 N–H and O–H groups in total. The third-order valence-corrected chi connectivity index (χ3v) is 7.60. The molecule has 0 saturated carbocycles. The lowest BCUT2D eigenvalue weighted by molar-refractivity contribution is 0.843. The van der Waals surface area contributed by atoms with Crippen LogP contribution in [-0.2, 0) is 0 Å². The van der Waals surface area contributed by atoms with Gasteiger partial charge in [0.2, 0.25) is 0 Å². The normalized spacial score (nSPS) is 11.3. The minimum atomic E-state index is -0.0327. The van der Waals surface area contributed by atoms with Crippen LogP contribution in [0.4, 0.5) is 22.7 Å². The summed E-state index contributed by atoms with van der Waals surface area (Å²) >= 11 is 0. The molecule has 0 aliphatic heterocycles. The van der Waals surface area contributed by atoms with Crippen LogP contribution in [0.2, 0.25) is 0 Å². The number of anilines is 4. The van der Waals surface area contributed by atoms with Crippen LogP contribution in [-0.4, -0.2) is 0 Å². The summed E-state index contributed by atoms with van der Waals surface area (Å²) in [6.45, 7) is 6.59. The molecule has 0 unspecified atom stereocenters. The smallest absolute Gasteiger partial charge is 0.0394 e. The fourth-order valence-electron chi connectivity index (χ4n) is 5.46. The largest absolute Gasteiger partial charge is 0.398 e. The Morgan fingerprint density at radius 3 is 1.59 bits per heavy atom. The molecule has 5 rings (SSSR count). The highest BCUT2D eigenvalue weighted by Gasteiger charge is 2.21. The lowest BCUT2D eigenvalue weighted by Gasteiger charge is -2.23. The summed E-state index contributed by atoms with van der Waals surface area (Å²) in [6, 6.07) is 36.4. The van der Waals surface area contributed by atoms with Gasteiger partial charge in [-0.1, -0.05) is 91.5 Å². The number of nitrogen functional groups attached to an aromatic ring is 4. The maximum absolute atomic E-state index is 6.50. The standard InChI is InChI=1S/C37H36N4/c1-3-10-25-11-4-5-12-28(25)24(2)21-31(26-17-19-36(40)32(22-26)29-13-6-8-15-34(29)38)27-18-20-37(41)33(23-27)30-14-7-9-16-35(30)39/h3-20,22-23,31H,2,21,38-41H2,1H3/b10-3-. The van der Waals surface area contributed by atoms with Gasteiger partial charge in [-0.05, 0) is 77.6 Å². The topological polar surface area (TPSA) is 104 Å². The first-order chi connectivity index (χ1) is 19.9. The second-order valence-corrected chi connectivity index (χ2v) is 10.3. The number of para-hydroxylation sites is 2. The maximum Gasteiger partial charge on any atom is 0.0394 e. The quantitative estimate of drug-likeness (QED) is 0.149. The van der Waals surface area contributed by atoms with Crippen LogP contribution >= 0.6 is 0 Å². The highest BCUT2D eigenvalue weighted by atomic mass is 14.6. The predicted molar refractivity (Wildman–Crippen MR) is 178 cm³/mol.